The van der Waals surface area contributed by atoms with Gasteiger partial charge >= 0.3 is 0 Å². The fraction of sp³-hybridized carbons (Fsp3) is 0.500. The number of anilines is 1. The van der Waals surface area contributed by atoms with Crippen LogP contribution >= 0.6 is 35.0 Å². The molecule has 6 heteroatoms. The van der Waals surface area contributed by atoms with Crippen molar-refractivity contribution >= 4 is 46.6 Å². The zero-order valence-corrected chi connectivity index (χ0v) is 14.4. The predicted molar refractivity (Wildman–Crippen MR) is 91.3 cm³/mol. The van der Waals surface area contributed by atoms with Gasteiger partial charge < -0.3 is 15.8 Å². The highest BCUT2D eigenvalue weighted by Crippen LogP contribution is 2.31. The molecule has 3 N–H and O–H groups in total. The lowest BCUT2D eigenvalue weighted by Crippen LogP contribution is -2.46. The molecule has 1 heterocycles. The first-order chi connectivity index (χ1) is 9.07. The van der Waals surface area contributed by atoms with E-state index in [4.69, 9.17) is 10.5 Å². The number of aryl methyl sites for hydroxylation is 1. The number of amides is 1. The maximum absolute atomic E-state index is 12.5. The highest BCUT2D eigenvalue weighted by Gasteiger charge is 2.38. The molecule has 0 unspecified atom stereocenters. The Bertz CT molecular complexity index is 476. The molecule has 0 aliphatic carbocycles. The van der Waals surface area contributed by atoms with Crippen LogP contribution in [0.4, 0.5) is 5.69 Å². The number of carbonyl (C=O) groups is 1. The average molecular weight is 411 g/mol. The maximum Gasteiger partial charge on any atom is 0.232 e. The fourth-order valence-corrected chi connectivity index (χ4v) is 2.74. The van der Waals surface area contributed by atoms with Gasteiger partial charge in [0.2, 0.25) is 5.91 Å². The molecule has 1 fully saturated rings. The van der Waals surface area contributed by atoms with Crippen molar-refractivity contribution in [3.63, 3.8) is 0 Å². The molecule has 0 radical (unpaired) electrons. The van der Waals surface area contributed by atoms with Gasteiger partial charge in [-0.15, -0.1) is 12.4 Å². The normalized spacial score (nSPS) is 17.1. The number of hydrogen-bond donors (Lipinski definition) is 2. The molecular weight excluding hydrogens is 391 g/mol. The monoisotopic (exact) mass is 410 g/mol. The molecule has 0 bridgehead atoms. The van der Waals surface area contributed by atoms with Crippen LogP contribution in [0.1, 0.15) is 18.4 Å². The summed E-state index contributed by atoms with van der Waals surface area (Å²) in [4.78, 5) is 12.5. The van der Waals surface area contributed by atoms with Crippen LogP contribution < -0.4 is 11.1 Å². The van der Waals surface area contributed by atoms with Gasteiger partial charge in [0.15, 0.2) is 0 Å². The molecule has 0 spiro atoms. The largest absolute Gasteiger partial charge is 0.381 e. The summed E-state index contributed by atoms with van der Waals surface area (Å²) in [5.41, 5.74) is 7.39. The van der Waals surface area contributed by atoms with Gasteiger partial charge in [0.1, 0.15) is 0 Å². The van der Waals surface area contributed by atoms with Gasteiger partial charge in [-0.2, -0.15) is 0 Å². The summed E-state index contributed by atoms with van der Waals surface area (Å²) in [6.07, 6.45) is 1.39. The topological polar surface area (TPSA) is 64.4 Å². The second kappa shape index (κ2) is 7.59. The first-order valence-electron chi connectivity index (χ1n) is 6.43. The van der Waals surface area contributed by atoms with Crippen molar-refractivity contribution in [1.82, 2.24) is 0 Å². The molecule has 112 valence electrons. The molecule has 20 heavy (non-hydrogen) atoms. The van der Waals surface area contributed by atoms with Crippen molar-refractivity contribution in [3.8, 4) is 0 Å². The van der Waals surface area contributed by atoms with Crippen LogP contribution in [0.15, 0.2) is 18.2 Å². The molecule has 1 aliphatic heterocycles. The molecule has 2 rings (SSSR count). The molecule has 1 saturated heterocycles. The second-order valence-electron chi connectivity index (χ2n) is 5.01. The number of hydrogen-bond acceptors (Lipinski definition) is 3. The van der Waals surface area contributed by atoms with Crippen molar-refractivity contribution in [2.24, 2.45) is 11.1 Å². The van der Waals surface area contributed by atoms with Gasteiger partial charge in [0.25, 0.3) is 0 Å². The fourth-order valence-electron chi connectivity index (χ4n) is 2.22. The molecule has 1 aromatic carbocycles. The van der Waals surface area contributed by atoms with Gasteiger partial charge in [-0.05, 0) is 60.1 Å². The summed E-state index contributed by atoms with van der Waals surface area (Å²) >= 11 is 2.27. The molecule has 0 atom stereocenters. The van der Waals surface area contributed by atoms with E-state index in [2.05, 4.69) is 27.9 Å². The molecule has 0 saturated carbocycles. The van der Waals surface area contributed by atoms with E-state index in [-0.39, 0.29) is 18.3 Å². The number of benzene rings is 1. The van der Waals surface area contributed by atoms with Gasteiger partial charge in [-0.3, -0.25) is 4.79 Å². The van der Waals surface area contributed by atoms with Gasteiger partial charge in [-0.25, -0.2) is 0 Å². The summed E-state index contributed by atoms with van der Waals surface area (Å²) in [6.45, 7) is 3.63. The third-order valence-electron chi connectivity index (χ3n) is 3.75. The van der Waals surface area contributed by atoms with E-state index in [1.807, 2.05) is 25.1 Å². The van der Waals surface area contributed by atoms with E-state index in [1.165, 1.54) is 5.56 Å². The van der Waals surface area contributed by atoms with Crippen molar-refractivity contribution in [2.75, 3.05) is 25.1 Å². The number of rotatable bonds is 3. The van der Waals surface area contributed by atoms with E-state index in [9.17, 15) is 4.79 Å². The molecule has 1 amide bonds. The van der Waals surface area contributed by atoms with Crippen LogP contribution in [0.5, 0.6) is 0 Å². The van der Waals surface area contributed by atoms with Gasteiger partial charge in [0.05, 0.1) is 5.41 Å². The molecular formula is C14H20ClIN2O2. The third-order valence-corrected chi connectivity index (χ3v) is 4.91. The number of carbonyl (C=O) groups excluding carboxylic acids is 1. The van der Waals surface area contributed by atoms with Crippen LogP contribution in [0.25, 0.3) is 0 Å². The average Bonchev–Trinajstić information content (AvgIpc) is 2.43. The first kappa shape index (κ1) is 17.7. The van der Waals surface area contributed by atoms with Crippen molar-refractivity contribution in [2.45, 2.75) is 19.8 Å². The van der Waals surface area contributed by atoms with Crippen LogP contribution in [-0.4, -0.2) is 25.7 Å². The Kier molecular flexibility index (Phi) is 6.71. The van der Waals surface area contributed by atoms with E-state index >= 15 is 0 Å². The zero-order valence-electron chi connectivity index (χ0n) is 11.4. The lowest BCUT2D eigenvalue weighted by Gasteiger charge is -2.34. The van der Waals surface area contributed by atoms with Crippen molar-refractivity contribution in [3.05, 3.63) is 27.3 Å². The highest BCUT2D eigenvalue weighted by molar-refractivity contribution is 14.1. The summed E-state index contributed by atoms with van der Waals surface area (Å²) in [7, 11) is 0. The lowest BCUT2D eigenvalue weighted by atomic mass is 9.79. The van der Waals surface area contributed by atoms with E-state index in [0.29, 0.717) is 32.6 Å². The molecule has 4 nitrogen and oxygen atoms in total. The van der Waals surface area contributed by atoms with Crippen LogP contribution in [0, 0.1) is 15.9 Å². The molecule has 1 aliphatic rings. The van der Waals surface area contributed by atoms with Crippen molar-refractivity contribution in [1.29, 1.82) is 0 Å². The number of halogens is 2. The van der Waals surface area contributed by atoms with E-state index < -0.39 is 5.41 Å². The quantitative estimate of drug-likeness (QED) is 0.753. The standard InChI is InChI=1S/C14H19IN2O2.ClH/c1-10-2-3-11(8-12(10)15)17-13(18)14(9-16)4-6-19-7-5-14;/h2-3,8H,4-7,9,16H2,1H3,(H,17,18);1H. The number of nitrogens with one attached hydrogen (secondary N) is 1. The van der Waals surface area contributed by atoms with Crippen molar-refractivity contribution < 1.29 is 9.53 Å². The second-order valence-corrected chi connectivity index (χ2v) is 6.18. The van der Waals surface area contributed by atoms with Crippen LogP contribution in [-0.2, 0) is 9.53 Å². The minimum atomic E-state index is -0.478. The smallest absolute Gasteiger partial charge is 0.232 e. The Morgan fingerprint density at radius 3 is 2.65 bits per heavy atom. The lowest BCUT2D eigenvalue weighted by molar-refractivity contribution is -0.130. The number of nitrogens with two attached hydrogens (primary N) is 1. The Morgan fingerprint density at radius 1 is 1.45 bits per heavy atom. The zero-order chi connectivity index (χ0) is 13.9. The highest BCUT2D eigenvalue weighted by atomic mass is 127. The summed E-state index contributed by atoms with van der Waals surface area (Å²) in [5, 5.41) is 2.99. The minimum absolute atomic E-state index is 0. The van der Waals surface area contributed by atoms with Crippen LogP contribution in [0.3, 0.4) is 0 Å². The van der Waals surface area contributed by atoms with E-state index in [0.717, 1.165) is 9.26 Å². The van der Waals surface area contributed by atoms with Gasteiger partial charge in [0, 0.05) is 29.0 Å². The van der Waals surface area contributed by atoms with Gasteiger partial charge in [-0.1, -0.05) is 6.07 Å². The Hall–Kier alpha value is -0.370. The third kappa shape index (κ3) is 3.84. The SMILES string of the molecule is Cc1ccc(NC(=O)C2(CN)CCOCC2)cc1I.Cl. The number of ether oxygens (including phenoxy) is 1. The summed E-state index contributed by atoms with van der Waals surface area (Å²) in [6, 6.07) is 5.92. The van der Waals surface area contributed by atoms with Crippen LogP contribution in [0.2, 0.25) is 0 Å². The van der Waals surface area contributed by atoms with E-state index in [1.54, 1.807) is 0 Å². The molecule has 1 aromatic rings. The first-order valence-corrected chi connectivity index (χ1v) is 7.51. The molecule has 0 aromatic heterocycles. The maximum atomic E-state index is 12.5. The minimum Gasteiger partial charge on any atom is -0.381 e. The summed E-state index contributed by atoms with van der Waals surface area (Å²) < 4.78 is 6.47. The summed E-state index contributed by atoms with van der Waals surface area (Å²) in [5.74, 6) is 0.0120. The Balaban J connectivity index is 0.00000200. The Morgan fingerprint density at radius 2 is 2.10 bits per heavy atom. The Labute approximate surface area is 139 Å². The predicted octanol–water partition coefficient (Wildman–Crippen LogP) is 2.72.